The Bertz CT molecular complexity index is 1670. The fraction of sp³-hybridized carbons (Fsp3) is 0.600. The van der Waals surface area contributed by atoms with Gasteiger partial charge in [0, 0.05) is 38.8 Å². The summed E-state index contributed by atoms with van der Waals surface area (Å²) in [5, 5.41) is 10.6. The smallest absolute Gasteiger partial charge is 0.426 e. The van der Waals surface area contributed by atoms with Gasteiger partial charge in [0.05, 0.1) is 22.4 Å². The molecule has 1 aliphatic heterocycles. The predicted molar refractivity (Wildman–Crippen MR) is 223 cm³/mol. The topological polar surface area (TPSA) is 47.9 Å². The molecule has 1 fully saturated rings. The summed E-state index contributed by atoms with van der Waals surface area (Å²) in [6.07, 6.45) is 12.2. The van der Waals surface area contributed by atoms with Crippen molar-refractivity contribution in [2.24, 2.45) is 0 Å². The van der Waals surface area contributed by atoms with Gasteiger partial charge in [0.1, 0.15) is 0 Å². The Morgan fingerprint density at radius 2 is 1.18 bits per heavy atom. The summed E-state index contributed by atoms with van der Waals surface area (Å²) in [5.74, 6) is 0. The highest BCUT2D eigenvalue weighted by Crippen LogP contribution is 2.48. The molecule has 4 nitrogen and oxygen atoms in total. The quantitative estimate of drug-likeness (QED) is 0.0812. The summed E-state index contributed by atoms with van der Waals surface area (Å²) in [6.45, 7) is 20.5. The molecule has 4 aromatic rings. The normalized spacial score (nSPS) is 16.1. The van der Waals surface area contributed by atoms with Crippen molar-refractivity contribution in [3.63, 3.8) is 0 Å². The Morgan fingerprint density at radius 1 is 0.680 bits per heavy atom. The Morgan fingerprint density at radius 3 is 1.68 bits per heavy atom. The van der Waals surface area contributed by atoms with Crippen LogP contribution >= 0.6 is 45.3 Å². The van der Waals surface area contributed by atoms with Crippen molar-refractivity contribution in [3.8, 4) is 29.3 Å². The second kappa shape index (κ2) is 16.4. The summed E-state index contributed by atoms with van der Waals surface area (Å²) >= 11 is 7.47. The zero-order valence-corrected chi connectivity index (χ0v) is 35.3. The minimum Gasteiger partial charge on any atom is -0.426 e. The van der Waals surface area contributed by atoms with Gasteiger partial charge in [-0.05, 0) is 116 Å². The molecule has 271 valence electrons. The van der Waals surface area contributed by atoms with Crippen molar-refractivity contribution in [3.05, 3.63) is 47.5 Å². The first-order valence-electron chi connectivity index (χ1n) is 18.6. The maximum atomic E-state index is 10.6. The van der Waals surface area contributed by atoms with Crippen molar-refractivity contribution in [1.82, 2.24) is 0 Å². The van der Waals surface area contributed by atoms with E-state index < -0.39 is 11.2 Å². The van der Waals surface area contributed by atoms with Crippen molar-refractivity contribution in [1.29, 1.82) is 0 Å². The first-order chi connectivity index (χ1) is 23.5. The zero-order valence-electron chi connectivity index (χ0n) is 32.0. The van der Waals surface area contributed by atoms with Crippen LogP contribution in [0.1, 0.15) is 132 Å². The van der Waals surface area contributed by atoms with Crippen LogP contribution < -0.4 is 9.55 Å². The highest BCUT2D eigenvalue weighted by Gasteiger charge is 2.52. The maximum absolute atomic E-state index is 10.6. The van der Waals surface area contributed by atoms with Gasteiger partial charge in [0.25, 0.3) is 0 Å². The van der Waals surface area contributed by atoms with E-state index in [2.05, 4.69) is 77.9 Å². The van der Waals surface area contributed by atoms with E-state index in [1.807, 2.05) is 44.0 Å². The number of thiophene rings is 4. The number of aryl methyl sites for hydroxylation is 2. The molecule has 5 rings (SSSR count). The zero-order chi connectivity index (χ0) is 36.3. The fourth-order valence-corrected chi connectivity index (χ4v) is 10.4. The van der Waals surface area contributed by atoms with E-state index in [0.29, 0.717) is 0 Å². The molecule has 1 N–H and O–H groups in total. The monoisotopic (exact) mass is 751 g/mol. The van der Waals surface area contributed by atoms with E-state index >= 15 is 0 Å². The van der Waals surface area contributed by atoms with Gasteiger partial charge in [-0.25, -0.2) is 0 Å². The lowest BCUT2D eigenvalue weighted by atomic mass is 9.86. The van der Waals surface area contributed by atoms with E-state index in [4.69, 9.17) is 14.0 Å². The first-order valence-corrected chi connectivity index (χ1v) is 21.9. The lowest BCUT2D eigenvalue weighted by Crippen LogP contribution is -2.49. The minimum atomic E-state index is -0.955. The van der Waals surface area contributed by atoms with Gasteiger partial charge in [-0.2, -0.15) is 0 Å². The van der Waals surface area contributed by atoms with Gasteiger partial charge in [0.15, 0.2) is 0 Å². The summed E-state index contributed by atoms with van der Waals surface area (Å²) in [4.78, 5) is 8.10. The van der Waals surface area contributed by atoms with Gasteiger partial charge in [-0.15, -0.1) is 45.3 Å². The minimum absolute atomic E-state index is 0.333. The van der Waals surface area contributed by atoms with Crippen LogP contribution in [0, 0.1) is 0 Å². The summed E-state index contributed by atoms with van der Waals surface area (Å²) in [5.41, 5.74) is 0.606. The van der Waals surface area contributed by atoms with Gasteiger partial charge < -0.3 is 19.1 Å². The molecule has 5 heterocycles. The number of unbranched alkanes of at least 4 members (excludes halogenated alkanes) is 6. The molecule has 0 saturated carbocycles. The van der Waals surface area contributed by atoms with Crippen molar-refractivity contribution in [2.45, 2.75) is 156 Å². The van der Waals surface area contributed by atoms with Crippen LogP contribution in [0.15, 0.2) is 36.4 Å². The van der Waals surface area contributed by atoms with Gasteiger partial charge >= 0.3 is 14.6 Å². The van der Waals surface area contributed by atoms with Crippen LogP contribution in [0.2, 0.25) is 0 Å². The highest BCUT2D eigenvalue weighted by atomic mass is 32.1. The Labute approximate surface area is 319 Å². The highest BCUT2D eigenvalue weighted by molar-refractivity contribution is 7.31. The third kappa shape index (κ3) is 9.28. The number of hydrogen-bond acceptors (Lipinski definition) is 8. The van der Waals surface area contributed by atoms with E-state index in [0.717, 1.165) is 22.4 Å². The Balaban J connectivity index is 1.47. The van der Waals surface area contributed by atoms with E-state index in [1.165, 1.54) is 91.8 Å². The molecule has 1 aliphatic rings. The van der Waals surface area contributed by atoms with Crippen LogP contribution in [0.3, 0.4) is 0 Å². The summed E-state index contributed by atoms with van der Waals surface area (Å²) < 4.78 is 21.1. The van der Waals surface area contributed by atoms with Crippen molar-refractivity contribution >= 4 is 69.5 Å². The molecule has 50 heavy (non-hydrogen) atoms. The van der Waals surface area contributed by atoms with E-state index in [1.54, 1.807) is 36.5 Å². The van der Waals surface area contributed by atoms with E-state index in [-0.39, 0.29) is 18.3 Å². The molecule has 1 radical (unpaired) electrons. The number of rotatable bonds is 18. The molecule has 0 bridgehead atoms. The Hall–Kier alpha value is -1.23. The summed E-state index contributed by atoms with van der Waals surface area (Å²) in [6, 6.07) is 13.8. The number of hydrogen-bond donors (Lipinski definition) is 1. The molecule has 0 aromatic carbocycles. The third-order valence-corrected chi connectivity index (χ3v) is 15.6. The lowest BCUT2D eigenvalue weighted by molar-refractivity contribution is -0.0892. The van der Waals surface area contributed by atoms with Crippen molar-refractivity contribution < 1.29 is 19.1 Å². The molecular weight excluding hydrogens is 694 g/mol. The Kier molecular flexibility index (Phi) is 13.1. The third-order valence-electron chi connectivity index (χ3n) is 10.6. The molecule has 4 aromatic heterocycles. The molecule has 1 saturated heterocycles. The molecule has 0 amide bonds. The molecule has 10 heteroatoms. The van der Waals surface area contributed by atoms with E-state index in [9.17, 15) is 5.11 Å². The first kappa shape index (κ1) is 40.0. The fourth-order valence-electron chi connectivity index (χ4n) is 5.81. The average Bonchev–Trinajstić information content (AvgIpc) is 3.86. The second-order valence-electron chi connectivity index (χ2n) is 15.8. The van der Waals surface area contributed by atoms with Crippen LogP contribution in [-0.2, 0) is 26.8 Å². The molecule has 0 aliphatic carbocycles. The number of aliphatic hydroxyl groups is 1. The molecule has 0 unspecified atom stereocenters. The summed E-state index contributed by atoms with van der Waals surface area (Å²) in [7, 11) is 1.48. The van der Waals surface area contributed by atoms with Crippen LogP contribution in [-0.4, -0.2) is 42.1 Å². The standard InChI is InChI=1S/C40H57B2O4S4/c1-11-13-15-17-19-27-25-31(29-21-23-33(47-29)41-44-38(5,6)37(3,4)43)49-35(27)36-28(20-18-16-14-12-2)26-32(50-36)30-22-24-34(48-30)42-45-39(7,8)40(9,10)46-42/h21-26,43H,11-20H2,1-10H3. The van der Waals surface area contributed by atoms with Crippen LogP contribution in [0.25, 0.3) is 29.3 Å². The molecule has 0 atom stereocenters. The lowest BCUT2D eigenvalue weighted by Gasteiger charge is -2.37. The van der Waals surface area contributed by atoms with Gasteiger partial charge in [-0.3, -0.25) is 0 Å². The molecule has 0 spiro atoms. The molecular formula is C40H57B2O4S4. The average molecular weight is 752 g/mol. The predicted octanol–water partition coefficient (Wildman–Crippen LogP) is 11.3. The second-order valence-corrected chi connectivity index (χ2v) is 20.2. The maximum Gasteiger partial charge on any atom is 0.505 e. The van der Waals surface area contributed by atoms with Crippen LogP contribution in [0.5, 0.6) is 0 Å². The largest absolute Gasteiger partial charge is 0.505 e. The van der Waals surface area contributed by atoms with Gasteiger partial charge in [-0.1, -0.05) is 64.5 Å². The SMILES string of the molecule is CCCCCCc1cc(-c2ccc([B]OC(C)(C)C(C)(C)O)s2)sc1-c1sc(-c2ccc(B3OC(C)(C)C(C)(C)O3)s2)cc1CCCCCC. The van der Waals surface area contributed by atoms with Crippen LogP contribution in [0.4, 0.5) is 0 Å². The van der Waals surface area contributed by atoms with Gasteiger partial charge in [0.2, 0.25) is 0 Å². The van der Waals surface area contributed by atoms with Crippen molar-refractivity contribution in [2.75, 3.05) is 0 Å².